The zero-order valence-electron chi connectivity index (χ0n) is 30.3. The van der Waals surface area contributed by atoms with Crippen molar-refractivity contribution in [2.75, 3.05) is 0 Å². The van der Waals surface area contributed by atoms with Gasteiger partial charge in [0.15, 0.2) is 0 Å². The Hall–Kier alpha value is -1.83. The van der Waals surface area contributed by atoms with Crippen molar-refractivity contribution in [2.45, 2.75) is 96.4 Å². The van der Waals surface area contributed by atoms with E-state index in [2.05, 4.69) is 152 Å². The van der Waals surface area contributed by atoms with Crippen molar-refractivity contribution in [1.29, 1.82) is 0 Å². The molecule has 3 aromatic carbocycles. The summed E-state index contributed by atoms with van der Waals surface area (Å²) < 4.78 is 5.11. The van der Waals surface area contributed by atoms with Crippen LogP contribution in [0.3, 0.4) is 0 Å². The second kappa shape index (κ2) is 12.2. The van der Waals surface area contributed by atoms with Gasteiger partial charge in [0.1, 0.15) is 0 Å². The Morgan fingerprint density at radius 3 is 1.57 bits per heavy atom. The molecular weight excluding hydrogens is 707 g/mol. The molecule has 0 spiro atoms. The van der Waals surface area contributed by atoms with Gasteiger partial charge in [-0.3, -0.25) is 0 Å². The van der Waals surface area contributed by atoms with Gasteiger partial charge in [-0.25, -0.2) is 0 Å². The largest absolute Gasteiger partial charge is 1.00 e. The molecule has 47 heavy (non-hydrogen) atoms. The molecule has 0 nitrogen and oxygen atoms in total. The van der Waals surface area contributed by atoms with Crippen molar-refractivity contribution < 1.29 is 46.1 Å². The molecule has 0 aliphatic heterocycles. The van der Waals surface area contributed by atoms with Gasteiger partial charge >= 0.3 is 283 Å². The molecule has 4 aliphatic rings. The summed E-state index contributed by atoms with van der Waals surface area (Å²) in [5, 5.41) is 1.70. The van der Waals surface area contributed by atoms with Crippen molar-refractivity contribution in [1.82, 2.24) is 0 Å². The summed E-state index contributed by atoms with van der Waals surface area (Å²) in [5.74, 6) is 0.514. The van der Waals surface area contributed by atoms with Crippen LogP contribution < -0.4 is 24.8 Å². The SMILES string of the molecule is CC1=CC(C)(C)c2cc3c(cc21)-c1cc2c(cc1[CH]3/[Zr+2](=[CH]/c1ccc(C)cc1)[C]1=C(C)C([Si](C)(C)C)=CC1C)C(C)(C)C=C2C.[Cl-].[Cl-]. The van der Waals surface area contributed by atoms with Gasteiger partial charge in [0.2, 0.25) is 0 Å². The molecule has 0 amide bonds. The van der Waals surface area contributed by atoms with Crippen molar-refractivity contribution >= 4 is 22.9 Å². The van der Waals surface area contributed by atoms with Gasteiger partial charge in [0, 0.05) is 0 Å². The van der Waals surface area contributed by atoms with Gasteiger partial charge in [-0.05, 0) is 0 Å². The Bertz CT molecular complexity index is 1890. The number of aryl methyl sites for hydroxylation is 1. The summed E-state index contributed by atoms with van der Waals surface area (Å²) >= 11 is -2.60. The molecule has 0 fully saturated rings. The standard InChI is InChI=1S/C25H25.C10H17Si.C8H8.2ClH.Zr/c1-14-12-24(3,4)22-8-16-7-17-9-23-19(15(2)13-25(23,5)6)11-21(17)20(16)10-18(14)22;1-8-6-9(2)10(7-8)11(3,4)5;1-7-3-5-8(2)6-4-7;;;/h7-13H,1-6H3;7-8H,1-5H3;1,3-6H,2H3;2*1H;/q;;;;;+2/p-2. The zero-order chi connectivity index (χ0) is 32.4. The quantitative estimate of drug-likeness (QED) is 0.302. The molecule has 4 heteroatoms. The smallest absolute Gasteiger partial charge is 1.00 e. The molecule has 0 radical (unpaired) electrons. The van der Waals surface area contributed by atoms with E-state index in [1.54, 1.807) is 21.9 Å². The fourth-order valence-electron chi connectivity index (χ4n) is 9.19. The van der Waals surface area contributed by atoms with Crippen LogP contribution in [0.1, 0.15) is 104 Å². The maximum Gasteiger partial charge on any atom is -1.00 e. The van der Waals surface area contributed by atoms with Crippen molar-refractivity contribution in [2.24, 2.45) is 5.92 Å². The minimum absolute atomic E-state index is 0. The number of halogens is 2. The zero-order valence-corrected chi connectivity index (χ0v) is 35.3. The van der Waals surface area contributed by atoms with Gasteiger partial charge < -0.3 is 24.8 Å². The van der Waals surface area contributed by atoms with E-state index in [1.807, 2.05) is 3.28 Å². The molecule has 7 rings (SSSR count). The third-order valence-electron chi connectivity index (χ3n) is 11.2. The molecular formula is C43H50Cl2SiZr. The topological polar surface area (TPSA) is 0 Å². The molecule has 0 N–H and O–H groups in total. The van der Waals surface area contributed by atoms with E-state index in [4.69, 9.17) is 0 Å². The maximum atomic E-state index is 2.82. The van der Waals surface area contributed by atoms with Gasteiger partial charge in [-0.2, -0.15) is 0 Å². The van der Waals surface area contributed by atoms with E-state index in [0.29, 0.717) is 9.54 Å². The van der Waals surface area contributed by atoms with Gasteiger partial charge in [-0.1, -0.05) is 0 Å². The van der Waals surface area contributed by atoms with Crippen LogP contribution in [-0.4, -0.2) is 11.8 Å². The average molecular weight is 757 g/mol. The second-order valence-corrected chi connectivity index (χ2v) is 27.4. The molecule has 3 aromatic rings. The summed E-state index contributed by atoms with van der Waals surface area (Å²) in [6, 6.07) is 19.9. The molecule has 1 unspecified atom stereocenters. The number of allylic oxidation sites excluding steroid dienone is 8. The fraction of sp³-hybridized carbons (Fsp3) is 0.372. The van der Waals surface area contributed by atoms with E-state index >= 15 is 0 Å². The van der Waals surface area contributed by atoms with Crippen molar-refractivity contribution in [3.05, 3.63) is 125 Å². The predicted octanol–water partition coefficient (Wildman–Crippen LogP) is 5.66. The summed E-state index contributed by atoms with van der Waals surface area (Å²) in [6.45, 7) is 29.1. The number of benzene rings is 3. The molecule has 0 saturated heterocycles. The Morgan fingerprint density at radius 2 is 1.15 bits per heavy atom. The van der Waals surface area contributed by atoms with Gasteiger partial charge in [-0.15, -0.1) is 0 Å². The molecule has 0 bridgehead atoms. The monoisotopic (exact) mass is 754 g/mol. The normalized spacial score (nSPS) is 20.1. The van der Waals surface area contributed by atoms with E-state index in [-0.39, 0.29) is 35.6 Å². The third kappa shape index (κ3) is 5.82. The first-order chi connectivity index (χ1) is 21.0. The minimum Gasteiger partial charge on any atom is -1.00 e. The van der Waals surface area contributed by atoms with E-state index < -0.39 is 29.3 Å². The second-order valence-electron chi connectivity index (χ2n) is 16.7. The predicted molar refractivity (Wildman–Crippen MR) is 197 cm³/mol. The first-order valence-corrected chi connectivity index (χ1v) is 24.5. The van der Waals surface area contributed by atoms with Crippen LogP contribution in [0.4, 0.5) is 0 Å². The van der Waals surface area contributed by atoms with Gasteiger partial charge in [0.05, 0.1) is 0 Å². The number of hydrogen-bond acceptors (Lipinski definition) is 0. The van der Waals surface area contributed by atoms with E-state index in [1.165, 1.54) is 55.7 Å². The fourth-order valence-corrected chi connectivity index (χ4v) is 20.1. The van der Waals surface area contributed by atoms with Crippen LogP contribution >= 0.6 is 0 Å². The van der Waals surface area contributed by atoms with E-state index in [0.717, 1.165) is 0 Å². The summed E-state index contributed by atoms with van der Waals surface area (Å²) in [6.07, 6.45) is 7.67. The Balaban J connectivity index is 0.00000217. The Kier molecular flexibility index (Phi) is 9.46. The molecule has 4 aliphatic carbocycles. The molecule has 0 saturated carbocycles. The minimum atomic E-state index is -2.60. The summed E-state index contributed by atoms with van der Waals surface area (Å²) in [5.41, 5.74) is 19.5. The molecule has 0 aromatic heterocycles. The number of hydrogen-bond donors (Lipinski definition) is 0. The molecule has 244 valence electrons. The van der Waals surface area contributed by atoms with Crippen LogP contribution in [0.15, 0.2) is 80.8 Å². The van der Waals surface area contributed by atoms with Gasteiger partial charge in [0.25, 0.3) is 0 Å². The Morgan fingerprint density at radius 1 is 0.681 bits per heavy atom. The first-order valence-electron chi connectivity index (χ1n) is 17.0. The number of fused-ring (bicyclic) bond motifs is 5. The average Bonchev–Trinajstić information content (AvgIpc) is 3.58. The summed E-state index contributed by atoms with van der Waals surface area (Å²) in [4.78, 5) is 0. The summed E-state index contributed by atoms with van der Waals surface area (Å²) in [7, 11) is -1.47. The van der Waals surface area contributed by atoms with Crippen LogP contribution in [0.2, 0.25) is 19.6 Å². The van der Waals surface area contributed by atoms with Crippen molar-refractivity contribution in [3.63, 3.8) is 0 Å². The maximum absolute atomic E-state index is 2.82. The third-order valence-corrected chi connectivity index (χ3v) is 21.6. The first kappa shape index (κ1) is 36.5. The van der Waals surface area contributed by atoms with Crippen LogP contribution in [0, 0.1) is 12.8 Å². The van der Waals surface area contributed by atoms with Crippen LogP contribution in [-0.2, 0) is 32.1 Å². The number of rotatable bonds is 4. The van der Waals surface area contributed by atoms with Crippen LogP contribution in [0.5, 0.6) is 0 Å². The van der Waals surface area contributed by atoms with Crippen LogP contribution in [0.25, 0.3) is 22.3 Å². The molecule has 0 heterocycles. The van der Waals surface area contributed by atoms with E-state index in [9.17, 15) is 0 Å². The molecule has 1 atom stereocenters. The van der Waals surface area contributed by atoms with Crippen molar-refractivity contribution in [3.8, 4) is 11.1 Å². The Labute approximate surface area is 305 Å².